The van der Waals surface area contributed by atoms with Gasteiger partial charge < -0.3 is 27.0 Å². The van der Waals surface area contributed by atoms with Gasteiger partial charge in [0, 0.05) is 0 Å². The first-order valence-electron chi connectivity index (χ1n) is 8.22. The van der Waals surface area contributed by atoms with Crippen molar-refractivity contribution in [1.29, 1.82) is 0 Å². The molecule has 0 aliphatic carbocycles. The molecular formula is C16H29N3O6. The number of Topliss-reactive ketones (excluding diaryl/α,β-unsaturated/α-hetero) is 2. The number of hydrogen-bond donors (Lipinski definition) is 5. The fourth-order valence-corrected chi connectivity index (χ4v) is 2.44. The predicted octanol–water partition coefficient (Wildman–Crippen LogP) is -0.629. The second-order valence-electron chi connectivity index (χ2n) is 6.42. The van der Waals surface area contributed by atoms with Crippen LogP contribution < -0.4 is 16.8 Å². The summed E-state index contributed by atoms with van der Waals surface area (Å²) in [7, 11) is 0. The van der Waals surface area contributed by atoms with Crippen molar-refractivity contribution < 1.29 is 29.4 Å². The number of carboxylic acids is 2. The van der Waals surface area contributed by atoms with Crippen molar-refractivity contribution in [1.82, 2.24) is 5.32 Å². The summed E-state index contributed by atoms with van der Waals surface area (Å²) in [6.07, 6.45) is 0.763. The van der Waals surface area contributed by atoms with Gasteiger partial charge in [-0.15, -0.1) is 0 Å². The van der Waals surface area contributed by atoms with Gasteiger partial charge in [0.25, 0.3) is 0 Å². The van der Waals surface area contributed by atoms with Crippen molar-refractivity contribution in [3.8, 4) is 0 Å². The lowest BCUT2D eigenvalue weighted by Crippen LogP contribution is -2.63. The lowest BCUT2D eigenvalue weighted by atomic mass is 9.80. The average molecular weight is 359 g/mol. The van der Waals surface area contributed by atoms with E-state index in [4.69, 9.17) is 11.5 Å². The van der Waals surface area contributed by atoms with Gasteiger partial charge in [0.2, 0.25) is 0 Å². The third-order valence-electron chi connectivity index (χ3n) is 4.98. The molecule has 0 rings (SSSR count). The molecule has 4 unspecified atom stereocenters. The number of nitrogens with two attached hydrogens (primary N) is 2. The van der Waals surface area contributed by atoms with Crippen LogP contribution in [-0.2, 0) is 19.2 Å². The second kappa shape index (κ2) is 9.02. The smallest absolute Gasteiger partial charge is 0.331 e. The van der Waals surface area contributed by atoms with E-state index in [-0.39, 0.29) is 0 Å². The molecule has 0 bridgehead atoms. The third kappa shape index (κ3) is 4.62. The Bertz CT molecular complexity index is 492. The molecule has 0 aromatic heterocycles. The van der Waals surface area contributed by atoms with Gasteiger partial charge in [-0.25, -0.2) is 9.59 Å². The molecule has 0 heterocycles. The highest BCUT2D eigenvalue weighted by atomic mass is 16.4. The number of carboxylic acid groups (broad SMARTS) is 2. The largest absolute Gasteiger partial charge is 0.480 e. The summed E-state index contributed by atoms with van der Waals surface area (Å²) in [5, 5.41) is 21.0. The summed E-state index contributed by atoms with van der Waals surface area (Å²) in [6, 6.07) is 0. The number of rotatable bonds is 12. The molecular weight excluding hydrogens is 330 g/mol. The maximum atomic E-state index is 12.2. The number of hydrogen-bond acceptors (Lipinski definition) is 7. The fourth-order valence-electron chi connectivity index (χ4n) is 2.44. The van der Waals surface area contributed by atoms with Gasteiger partial charge in [-0.1, -0.05) is 40.5 Å². The number of nitrogens with one attached hydrogen (secondary N) is 1. The monoisotopic (exact) mass is 359 g/mol. The van der Waals surface area contributed by atoms with Crippen LogP contribution in [0.4, 0.5) is 0 Å². The summed E-state index contributed by atoms with van der Waals surface area (Å²) >= 11 is 0. The van der Waals surface area contributed by atoms with Gasteiger partial charge in [-0.3, -0.25) is 9.59 Å². The van der Waals surface area contributed by atoms with Crippen LogP contribution in [0, 0.1) is 11.8 Å². The van der Waals surface area contributed by atoms with Crippen molar-refractivity contribution in [2.45, 2.75) is 51.6 Å². The van der Waals surface area contributed by atoms with Gasteiger partial charge in [-0.05, 0) is 11.8 Å². The van der Waals surface area contributed by atoms with E-state index in [2.05, 4.69) is 5.32 Å². The first-order valence-corrected chi connectivity index (χ1v) is 8.22. The van der Waals surface area contributed by atoms with Crippen molar-refractivity contribution in [2.75, 3.05) is 13.1 Å². The normalized spacial score (nSPS) is 18.5. The van der Waals surface area contributed by atoms with Gasteiger partial charge in [0.1, 0.15) is 0 Å². The SMILES string of the molecule is CCC(C)C(N)(C(=O)O)C(=O)CNCC(=O)C(N)(C(=O)O)C(C)CC. The molecule has 0 aliphatic rings. The zero-order chi connectivity index (χ0) is 20.0. The molecule has 0 amide bonds. The second-order valence-corrected chi connectivity index (χ2v) is 6.42. The maximum Gasteiger partial charge on any atom is 0.331 e. The Balaban J connectivity index is 5.05. The summed E-state index contributed by atoms with van der Waals surface area (Å²) in [6.45, 7) is 5.57. The van der Waals surface area contributed by atoms with Crippen LogP contribution in [0.2, 0.25) is 0 Å². The molecule has 9 heteroatoms. The summed E-state index contributed by atoms with van der Waals surface area (Å²) in [4.78, 5) is 47.3. The molecule has 0 saturated carbocycles. The molecule has 0 radical (unpaired) electrons. The summed E-state index contributed by atoms with van der Waals surface area (Å²) < 4.78 is 0. The van der Waals surface area contributed by atoms with Crippen molar-refractivity contribution in [3.05, 3.63) is 0 Å². The van der Waals surface area contributed by atoms with Crippen molar-refractivity contribution in [3.63, 3.8) is 0 Å². The van der Waals surface area contributed by atoms with Crippen LogP contribution in [0.5, 0.6) is 0 Å². The van der Waals surface area contributed by atoms with E-state index in [1.165, 1.54) is 0 Å². The molecule has 0 saturated heterocycles. The lowest BCUT2D eigenvalue weighted by molar-refractivity contribution is -0.151. The average Bonchev–Trinajstić information content (AvgIpc) is 2.57. The Kier molecular flexibility index (Phi) is 8.36. The predicted molar refractivity (Wildman–Crippen MR) is 90.9 cm³/mol. The number of aliphatic carboxylic acids is 2. The highest BCUT2D eigenvalue weighted by Gasteiger charge is 2.47. The van der Waals surface area contributed by atoms with E-state index in [9.17, 15) is 29.4 Å². The van der Waals surface area contributed by atoms with Crippen molar-refractivity contribution >= 4 is 23.5 Å². The van der Waals surface area contributed by atoms with Crippen LogP contribution in [0.25, 0.3) is 0 Å². The topological polar surface area (TPSA) is 173 Å². The van der Waals surface area contributed by atoms with Crippen molar-refractivity contribution in [2.24, 2.45) is 23.3 Å². The third-order valence-corrected chi connectivity index (χ3v) is 4.98. The standard InChI is InChI=1S/C16H29N3O6/c1-5-9(3)15(17,13(22)23)11(20)7-19-8-12(21)16(18,14(24)25)10(4)6-2/h9-10,19H,5-8,17-18H2,1-4H3,(H,22,23)(H,24,25). The molecule has 7 N–H and O–H groups in total. The van der Waals surface area contributed by atoms with Gasteiger partial charge >= 0.3 is 11.9 Å². The summed E-state index contributed by atoms with van der Waals surface area (Å²) in [5.41, 5.74) is 7.38. The molecule has 144 valence electrons. The van der Waals surface area contributed by atoms with Crippen LogP contribution in [0.15, 0.2) is 0 Å². The van der Waals surface area contributed by atoms with Gasteiger partial charge in [0.05, 0.1) is 13.1 Å². The van der Waals surface area contributed by atoms with E-state index in [0.29, 0.717) is 12.8 Å². The minimum absolute atomic E-state index is 0.381. The van der Waals surface area contributed by atoms with Gasteiger partial charge in [-0.2, -0.15) is 0 Å². The zero-order valence-electron chi connectivity index (χ0n) is 15.2. The molecule has 0 aliphatic heterocycles. The highest BCUT2D eigenvalue weighted by Crippen LogP contribution is 2.21. The molecule has 4 atom stereocenters. The molecule has 0 fully saturated rings. The number of carbonyl (C=O) groups is 4. The Morgan fingerprint density at radius 2 is 1.12 bits per heavy atom. The van der Waals surface area contributed by atoms with E-state index >= 15 is 0 Å². The molecule has 0 aromatic rings. The van der Waals surface area contributed by atoms with E-state index in [1.807, 2.05) is 0 Å². The zero-order valence-corrected chi connectivity index (χ0v) is 15.2. The summed E-state index contributed by atoms with van der Waals surface area (Å²) in [5.74, 6) is -5.69. The van der Waals surface area contributed by atoms with Crippen LogP contribution in [-0.4, -0.2) is 57.9 Å². The van der Waals surface area contributed by atoms with E-state index < -0.39 is 59.5 Å². The molecule has 25 heavy (non-hydrogen) atoms. The molecule has 0 aromatic carbocycles. The number of ketones is 2. The Morgan fingerprint density at radius 3 is 1.32 bits per heavy atom. The Morgan fingerprint density at radius 1 is 0.840 bits per heavy atom. The Labute approximate surface area is 147 Å². The van der Waals surface area contributed by atoms with Gasteiger partial charge in [0.15, 0.2) is 22.6 Å². The first kappa shape index (κ1) is 23.2. The lowest BCUT2D eigenvalue weighted by Gasteiger charge is -2.30. The fraction of sp³-hybridized carbons (Fsp3) is 0.750. The van der Waals surface area contributed by atoms with E-state index in [1.54, 1.807) is 27.7 Å². The number of carbonyl (C=O) groups excluding carboxylic acids is 2. The minimum Gasteiger partial charge on any atom is -0.480 e. The van der Waals surface area contributed by atoms with Crippen LogP contribution in [0.3, 0.4) is 0 Å². The quantitative estimate of drug-likeness (QED) is 0.284. The Hall–Kier alpha value is -1.84. The van der Waals surface area contributed by atoms with Crippen LogP contribution >= 0.6 is 0 Å². The molecule has 9 nitrogen and oxygen atoms in total. The van der Waals surface area contributed by atoms with E-state index in [0.717, 1.165) is 0 Å². The first-order chi connectivity index (χ1) is 11.4. The highest BCUT2D eigenvalue weighted by molar-refractivity contribution is 6.10. The molecule has 0 spiro atoms. The minimum atomic E-state index is -2.08. The maximum absolute atomic E-state index is 12.2. The van der Waals surface area contributed by atoms with Crippen LogP contribution in [0.1, 0.15) is 40.5 Å².